The molecule has 1 aromatic rings. The first kappa shape index (κ1) is 20.2. The zero-order valence-electron chi connectivity index (χ0n) is 17.5. The summed E-state index contributed by atoms with van der Waals surface area (Å²) in [4.78, 5) is 24.4. The molecule has 1 aromatic carbocycles. The van der Waals surface area contributed by atoms with Crippen LogP contribution in [0.3, 0.4) is 0 Å². The molecule has 5 heteroatoms. The molecule has 0 spiro atoms. The second kappa shape index (κ2) is 9.19. The Morgan fingerprint density at radius 2 is 1.59 bits per heavy atom. The summed E-state index contributed by atoms with van der Waals surface area (Å²) < 4.78 is 6.12. The van der Waals surface area contributed by atoms with Crippen molar-refractivity contribution in [2.24, 2.45) is 11.8 Å². The van der Waals surface area contributed by atoms with Crippen LogP contribution >= 0.6 is 0 Å². The molecule has 0 radical (unpaired) electrons. The van der Waals surface area contributed by atoms with Gasteiger partial charge in [-0.15, -0.1) is 0 Å². The third-order valence-electron chi connectivity index (χ3n) is 6.84. The zero-order valence-corrected chi connectivity index (χ0v) is 17.5. The fourth-order valence-corrected chi connectivity index (χ4v) is 4.71. The molecule has 0 bridgehead atoms. The van der Waals surface area contributed by atoms with E-state index < -0.39 is 0 Å². The van der Waals surface area contributed by atoms with E-state index in [1.54, 1.807) is 0 Å². The molecule has 0 heterocycles. The number of hydrogen-bond acceptors (Lipinski definition) is 3. The maximum absolute atomic E-state index is 12.5. The number of nitrogens with one attached hydrogen (secondary N) is 2. The van der Waals surface area contributed by atoms with E-state index >= 15 is 0 Å². The Balaban J connectivity index is 1.20. The van der Waals surface area contributed by atoms with Gasteiger partial charge in [0.15, 0.2) is 0 Å². The number of carbonyl (C=O) groups excluding carboxylic acids is 2. The minimum absolute atomic E-state index is 0.0187. The summed E-state index contributed by atoms with van der Waals surface area (Å²) in [5, 5.41) is 6.36. The second-order valence-corrected chi connectivity index (χ2v) is 9.16. The van der Waals surface area contributed by atoms with Crippen LogP contribution < -0.4 is 15.4 Å². The van der Waals surface area contributed by atoms with Crippen molar-refractivity contribution in [1.82, 2.24) is 10.6 Å². The number of benzene rings is 1. The fourth-order valence-electron chi connectivity index (χ4n) is 4.71. The van der Waals surface area contributed by atoms with Crippen molar-refractivity contribution in [3.8, 4) is 5.75 Å². The van der Waals surface area contributed by atoms with Crippen molar-refractivity contribution in [2.75, 3.05) is 0 Å². The summed E-state index contributed by atoms with van der Waals surface area (Å²) in [7, 11) is 0. The summed E-state index contributed by atoms with van der Waals surface area (Å²) in [6.45, 7) is 2.23. The summed E-state index contributed by atoms with van der Waals surface area (Å²) in [6, 6.07) is 8.14. The first-order valence-corrected chi connectivity index (χ1v) is 11.5. The summed E-state index contributed by atoms with van der Waals surface area (Å²) in [5.41, 5.74) is 0.698. The van der Waals surface area contributed by atoms with Crippen LogP contribution in [0.1, 0.15) is 81.5 Å². The van der Waals surface area contributed by atoms with Crippen LogP contribution in [-0.4, -0.2) is 30.0 Å². The number of rotatable bonds is 7. The quantitative estimate of drug-likeness (QED) is 0.723. The first-order chi connectivity index (χ1) is 14.1. The van der Waals surface area contributed by atoms with Crippen LogP contribution in [0.5, 0.6) is 5.75 Å². The molecule has 0 saturated heterocycles. The van der Waals surface area contributed by atoms with Gasteiger partial charge in [-0.25, -0.2) is 0 Å². The van der Waals surface area contributed by atoms with Crippen molar-refractivity contribution >= 4 is 11.8 Å². The van der Waals surface area contributed by atoms with E-state index in [4.69, 9.17) is 4.74 Å². The molecule has 2 atom stereocenters. The number of amides is 2. The molecular weight excluding hydrogens is 364 g/mol. The van der Waals surface area contributed by atoms with Crippen molar-refractivity contribution in [2.45, 2.75) is 89.3 Å². The van der Waals surface area contributed by atoms with Crippen molar-refractivity contribution in [3.63, 3.8) is 0 Å². The smallest absolute Gasteiger partial charge is 0.251 e. The summed E-state index contributed by atoms with van der Waals surface area (Å²) in [6.07, 6.45) is 10.8. The largest absolute Gasteiger partial charge is 0.490 e. The Morgan fingerprint density at radius 3 is 2.21 bits per heavy atom. The van der Waals surface area contributed by atoms with Crippen LogP contribution in [0.25, 0.3) is 0 Å². The minimum Gasteiger partial charge on any atom is -0.490 e. The van der Waals surface area contributed by atoms with Crippen molar-refractivity contribution in [1.29, 1.82) is 0 Å². The second-order valence-electron chi connectivity index (χ2n) is 9.16. The minimum atomic E-state index is 0.0187. The molecule has 29 heavy (non-hydrogen) atoms. The Morgan fingerprint density at radius 1 is 0.897 bits per heavy atom. The fraction of sp³-hybridized carbons (Fsp3) is 0.667. The van der Waals surface area contributed by atoms with Gasteiger partial charge in [-0.1, -0.05) is 13.3 Å². The summed E-state index contributed by atoms with van der Waals surface area (Å²) in [5.74, 6) is 2.12. The molecule has 0 aromatic heterocycles. The van der Waals surface area contributed by atoms with Crippen LogP contribution in [0.4, 0.5) is 0 Å². The van der Waals surface area contributed by atoms with E-state index in [1.165, 1.54) is 12.8 Å². The lowest BCUT2D eigenvalue weighted by Gasteiger charge is -2.29. The molecule has 2 N–H and O–H groups in total. The number of ether oxygens (including phenoxy) is 1. The lowest BCUT2D eigenvalue weighted by atomic mass is 9.92. The highest BCUT2D eigenvalue weighted by atomic mass is 16.5. The van der Waals surface area contributed by atoms with Crippen LogP contribution in [0, 0.1) is 11.8 Å². The Kier molecular flexibility index (Phi) is 6.41. The Bertz CT molecular complexity index is 705. The van der Waals surface area contributed by atoms with Gasteiger partial charge >= 0.3 is 0 Å². The lowest BCUT2D eigenvalue weighted by Crippen LogP contribution is -2.40. The monoisotopic (exact) mass is 398 g/mol. The Hall–Kier alpha value is -2.04. The normalized spacial score (nSPS) is 29.3. The van der Waals surface area contributed by atoms with Gasteiger partial charge in [0.2, 0.25) is 5.91 Å². The molecule has 3 fully saturated rings. The standard InChI is InChI=1S/C24H34N2O3/c1-2-16-3-8-20(15-16)26-24(28)18-6-11-21(12-7-18)29-22-13-9-19(10-14-22)25-23(27)17-4-5-17/h6-7,11-12,16-17,19-20,22H,2-5,8-10,13-15H2,1H3,(H,25,27)(H,26,28). The molecule has 0 aliphatic heterocycles. The molecule has 2 amide bonds. The van der Waals surface area contributed by atoms with E-state index in [0.717, 1.165) is 63.0 Å². The molecule has 2 unspecified atom stereocenters. The van der Waals surface area contributed by atoms with Gasteiger partial charge in [0.25, 0.3) is 5.91 Å². The number of hydrogen-bond donors (Lipinski definition) is 2. The third kappa shape index (κ3) is 5.52. The first-order valence-electron chi connectivity index (χ1n) is 11.5. The molecule has 158 valence electrons. The predicted octanol–water partition coefficient (Wildman–Crippen LogP) is 4.21. The van der Waals surface area contributed by atoms with Crippen molar-refractivity contribution < 1.29 is 14.3 Å². The molecule has 5 nitrogen and oxygen atoms in total. The van der Waals surface area contributed by atoms with Crippen LogP contribution in [0.2, 0.25) is 0 Å². The van der Waals surface area contributed by atoms with E-state index in [-0.39, 0.29) is 23.8 Å². The van der Waals surface area contributed by atoms with Crippen molar-refractivity contribution in [3.05, 3.63) is 29.8 Å². The number of carbonyl (C=O) groups is 2. The maximum atomic E-state index is 12.5. The lowest BCUT2D eigenvalue weighted by molar-refractivity contribution is -0.123. The van der Waals surface area contributed by atoms with E-state index in [2.05, 4.69) is 17.6 Å². The van der Waals surface area contributed by atoms with Gasteiger partial charge in [-0.2, -0.15) is 0 Å². The maximum Gasteiger partial charge on any atom is 0.251 e. The highest BCUT2D eigenvalue weighted by molar-refractivity contribution is 5.94. The van der Waals surface area contributed by atoms with Crippen LogP contribution in [-0.2, 0) is 4.79 Å². The van der Waals surface area contributed by atoms with Crippen LogP contribution in [0.15, 0.2) is 24.3 Å². The SMILES string of the molecule is CCC1CCC(NC(=O)c2ccc(OC3CCC(NC(=O)C4CC4)CC3)cc2)C1. The summed E-state index contributed by atoms with van der Waals surface area (Å²) >= 11 is 0. The average molecular weight is 399 g/mol. The van der Waals surface area contributed by atoms with Gasteiger partial charge in [-0.3, -0.25) is 9.59 Å². The van der Waals surface area contributed by atoms with E-state index in [0.29, 0.717) is 17.6 Å². The third-order valence-corrected chi connectivity index (χ3v) is 6.84. The van der Waals surface area contributed by atoms with Gasteiger partial charge in [0.05, 0.1) is 6.10 Å². The molecule has 3 saturated carbocycles. The van der Waals surface area contributed by atoms with Gasteiger partial charge in [0.1, 0.15) is 5.75 Å². The molecule has 3 aliphatic rings. The van der Waals surface area contributed by atoms with Gasteiger partial charge in [0, 0.05) is 23.6 Å². The average Bonchev–Trinajstić information content (AvgIpc) is 3.50. The molecular formula is C24H34N2O3. The van der Waals surface area contributed by atoms with E-state index in [9.17, 15) is 9.59 Å². The van der Waals surface area contributed by atoms with Gasteiger partial charge in [-0.05, 0) is 88.0 Å². The zero-order chi connectivity index (χ0) is 20.2. The van der Waals surface area contributed by atoms with Gasteiger partial charge < -0.3 is 15.4 Å². The molecule has 4 rings (SSSR count). The molecule has 3 aliphatic carbocycles. The van der Waals surface area contributed by atoms with E-state index in [1.807, 2.05) is 24.3 Å². The Labute approximate surface area is 174 Å². The highest BCUT2D eigenvalue weighted by Gasteiger charge is 2.32. The topological polar surface area (TPSA) is 67.4 Å². The highest BCUT2D eigenvalue weighted by Crippen LogP contribution is 2.31. The predicted molar refractivity (Wildman–Crippen MR) is 113 cm³/mol.